The van der Waals surface area contributed by atoms with E-state index >= 15 is 0 Å². The van der Waals surface area contributed by atoms with E-state index in [-0.39, 0.29) is 5.56 Å². The number of carbonyl (C=O) groups is 1. The van der Waals surface area contributed by atoms with Crippen molar-refractivity contribution in [2.75, 3.05) is 0 Å². The lowest BCUT2D eigenvalue weighted by Crippen LogP contribution is -2.50. The molecule has 1 fully saturated rings. The first-order chi connectivity index (χ1) is 14.7. The van der Waals surface area contributed by atoms with Crippen LogP contribution in [0, 0.1) is 0 Å². The van der Waals surface area contributed by atoms with E-state index in [1.165, 1.54) is 10.7 Å². The summed E-state index contributed by atoms with van der Waals surface area (Å²) in [6.45, 7) is 1.94. The standard InChI is InChI=1S/C24H24ClN3O3/c1-23(10-12-24(26,13-11-23)17-8-5-9-18(25)14-17)28-21(29)19(22(30)31)15-20(27-28)16-6-3-2-4-7-16/h2-9,14-15H,10-13,26H2,1H3,(H,30,31). The van der Waals surface area contributed by atoms with Crippen molar-refractivity contribution in [2.45, 2.75) is 43.7 Å². The molecule has 160 valence electrons. The van der Waals surface area contributed by atoms with Crippen molar-refractivity contribution in [3.63, 3.8) is 0 Å². The van der Waals surface area contributed by atoms with Gasteiger partial charge in [0.05, 0.1) is 11.2 Å². The lowest BCUT2D eigenvalue weighted by atomic mass is 9.70. The largest absolute Gasteiger partial charge is 0.477 e. The zero-order chi connectivity index (χ0) is 22.2. The van der Waals surface area contributed by atoms with Crippen LogP contribution in [0.5, 0.6) is 0 Å². The molecule has 0 atom stereocenters. The minimum atomic E-state index is -1.26. The summed E-state index contributed by atoms with van der Waals surface area (Å²) in [6, 6.07) is 18.2. The highest BCUT2D eigenvalue weighted by atomic mass is 35.5. The van der Waals surface area contributed by atoms with Gasteiger partial charge in [-0.25, -0.2) is 9.48 Å². The molecule has 0 aliphatic heterocycles. The predicted molar refractivity (Wildman–Crippen MR) is 120 cm³/mol. The first kappa shape index (κ1) is 21.3. The number of rotatable bonds is 4. The van der Waals surface area contributed by atoms with Crippen LogP contribution >= 0.6 is 11.6 Å². The van der Waals surface area contributed by atoms with Crippen LogP contribution in [0.25, 0.3) is 11.3 Å². The van der Waals surface area contributed by atoms with E-state index in [0.29, 0.717) is 36.4 Å². The molecule has 0 unspecified atom stereocenters. The monoisotopic (exact) mass is 437 g/mol. The molecule has 6 nitrogen and oxygen atoms in total. The third kappa shape index (κ3) is 4.01. The molecule has 1 aliphatic rings. The average Bonchev–Trinajstić information content (AvgIpc) is 2.76. The highest BCUT2D eigenvalue weighted by Gasteiger charge is 2.41. The molecule has 31 heavy (non-hydrogen) atoms. The van der Waals surface area contributed by atoms with Gasteiger partial charge in [-0.3, -0.25) is 4.79 Å². The first-order valence-electron chi connectivity index (χ1n) is 10.2. The Balaban J connectivity index is 1.73. The average molecular weight is 438 g/mol. The van der Waals surface area contributed by atoms with E-state index in [1.807, 2.05) is 61.5 Å². The maximum atomic E-state index is 13.0. The van der Waals surface area contributed by atoms with Gasteiger partial charge in [0.25, 0.3) is 5.56 Å². The zero-order valence-corrected chi connectivity index (χ0v) is 18.0. The second-order valence-corrected chi connectivity index (χ2v) is 8.93. The number of nitrogens with zero attached hydrogens (tertiary/aromatic N) is 2. The highest BCUT2D eigenvalue weighted by Crippen LogP contribution is 2.43. The van der Waals surface area contributed by atoms with Gasteiger partial charge in [-0.1, -0.05) is 54.1 Å². The first-order valence-corrected chi connectivity index (χ1v) is 10.6. The Labute approximate surface area is 185 Å². The molecule has 1 aromatic heterocycles. The normalized spacial score (nSPS) is 23.5. The van der Waals surface area contributed by atoms with Gasteiger partial charge in [0.1, 0.15) is 5.56 Å². The second-order valence-electron chi connectivity index (χ2n) is 8.49. The Morgan fingerprint density at radius 2 is 1.74 bits per heavy atom. The third-order valence-electron chi connectivity index (χ3n) is 6.34. The maximum absolute atomic E-state index is 13.0. The Bertz CT molecular complexity index is 1180. The van der Waals surface area contributed by atoms with Gasteiger partial charge in [0.2, 0.25) is 0 Å². The Morgan fingerprint density at radius 1 is 1.06 bits per heavy atom. The number of aromatic nitrogens is 2. The summed E-state index contributed by atoms with van der Waals surface area (Å²) in [5.74, 6) is -1.26. The fraction of sp³-hybridized carbons (Fsp3) is 0.292. The Morgan fingerprint density at radius 3 is 2.35 bits per heavy atom. The van der Waals surface area contributed by atoms with E-state index < -0.39 is 22.6 Å². The van der Waals surface area contributed by atoms with Crippen molar-refractivity contribution in [1.29, 1.82) is 0 Å². The smallest absolute Gasteiger partial charge is 0.341 e. The fourth-order valence-electron chi connectivity index (χ4n) is 4.30. The van der Waals surface area contributed by atoms with E-state index in [2.05, 4.69) is 5.10 Å². The van der Waals surface area contributed by atoms with Crippen molar-refractivity contribution >= 4 is 17.6 Å². The van der Waals surface area contributed by atoms with Crippen LogP contribution < -0.4 is 11.3 Å². The Kier molecular flexibility index (Phi) is 5.45. The summed E-state index contributed by atoms with van der Waals surface area (Å²) in [7, 11) is 0. The van der Waals surface area contributed by atoms with Gasteiger partial charge in [0, 0.05) is 16.1 Å². The van der Waals surface area contributed by atoms with Crippen molar-refractivity contribution in [2.24, 2.45) is 5.73 Å². The number of hydrogen-bond donors (Lipinski definition) is 2. The van der Waals surface area contributed by atoms with Gasteiger partial charge >= 0.3 is 5.97 Å². The molecule has 1 aliphatic carbocycles. The van der Waals surface area contributed by atoms with Crippen LogP contribution in [0.15, 0.2) is 65.5 Å². The molecule has 1 heterocycles. The third-order valence-corrected chi connectivity index (χ3v) is 6.58. The maximum Gasteiger partial charge on any atom is 0.341 e. The molecule has 2 aromatic carbocycles. The van der Waals surface area contributed by atoms with E-state index in [9.17, 15) is 14.7 Å². The number of hydrogen-bond acceptors (Lipinski definition) is 4. The SMILES string of the molecule is CC1(n2nc(-c3ccccc3)cc(C(=O)O)c2=O)CCC(N)(c2cccc(Cl)c2)CC1. The minimum absolute atomic E-state index is 0.283. The summed E-state index contributed by atoms with van der Waals surface area (Å²) < 4.78 is 1.36. The van der Waals surface area contributed by atoms with Crippen LogP contribution in [-0.4, -0.2) is 20.9 Å². The molecule has 0 saturated heterocycles. The fourth-order valence-corrected chi connectivity index (χ4v) is 4.49. The molecule has 7 heteroatoms. The summed E-state index contributed by atoms with van der Waals surface area (Å²) >= 11 is 6.15. The predicted octanol–water partition coefficient (Wildman–Crippen LogP) is 4.41. The molecule has 0 amide bonds. The Hall–Kier alpha value is -2.96. The topological polar surface area (TPSA) is 98.2 Å². The molecule has 3 aromatic rings. The summed E-state index contributed by atoms with van der Waals surface area (Å²) in [5.41, 5.74) is 6.82. The van der Waals surface area contributed by atoms with Gasteiger partial charge in [0.15, 0.2) is 0 Å². The number of halogens is 1. The molecule has 0 bridgehead atoms. The molecular formula is C24H24ClN3O3. The van der Waals surface area contributed by atoms with Gasteiger partial charge in [-0.15, -0.1) is 0 Å². The lowest BCUT2D eigenvalue weighted by molar-refractivity contribution is 0.0689. The molecule has 1 saturated carbocycles. The minimum Gasteiger partial charge on any atom is -0.477 e. The molecule has 0 radical (unpaired) electrons. The van der Waals surface area contributed by atoms with Gasteiger partial charge in [-0.2, -0.15) is 5.10 Å². The van der Waals surface area contributed by atoms with Gasteiger partial charge < -0.3 is 10.8 Å². The summed E-state index contributed by atoms with van der Waals surface area (Å²) in [5, 5.41) is 14.9. The van der Waals surface area contributed by atoms with Crippen molar-refractivity contribution in [1.82, 2.24) is 9.78 Å². The van der Waals surface area contributed by atoms with Crippen molar-refractivity contribution < 1.29 is 9.90 Å². The number of carboxylic acids is 1. The number of benzene rings is 2. The summed E-state index contributed by atoms with van der Waals surface area (Å²) in [4.78, 5) is 24.8. The van der Waals surface area contributed by atoms with Crippen LogP contribution in [0.3, 0.4) is 0 Å². The number of nitrogens with two attached hydrogens (primary N) is 1. The van der Waals surface area contributed by atoms with E-state index in [1.54, 1.807) is 0 Å². The van der Waals surface area contributed by atoms with Crippen molar-refractivity contribution in [3.05, 3.63) is 87.2 Å². The summed E-state index contributed by atoms with van der Waals surface area (Å²) in [6.07, 6.45) is 2.41. The number of aromatic carboxylic acids is 1. The van der Waals surface area contributed by atoms with Crippen molar-refractivity contribution in [3.8, 4) is 11.3 Å². The van der Waals surface area contributed by atoms with Crippen LogP contribution in [0.1, 0.15) is 48.5 Å². The van der Waals surface area contributed by atoms with Gasteiger partial charge in [-0.05, 0) is 56.4 Å². The quantitative estimate of drug-likeness (QED) is 0.630. The number of carboxylic acid groups (broad SMARTS) is 1. The van der Waals surface area contributed by atoms with Crippen LogP contribution in [0.2, 0.25) is 5.02 Å². The van der Waals surface area contributed by atoms with E-state index in [4.69, 9.17) is 17.3 Å². The molecule has 3 N–H and O–H groups in total. The second kappa shape index (κ2) is 7.94. The molecular weight excluding hydrogens is 414 g/mol. The molecule has 4 rings (SSSR count). The van der Waals surface area contributed by atoms with Crippen LogP contribution in [0.4, 0.5) is 0 Å². The van der Waals surface area contributed by atoms with Crippen LogP contribution in [-0.2, 0) is 11.1 Å². The highest BCUT2D eigenvalue weighted by molar-refractivity contribution is 6.30. The molecule has 0 spiro atoms. The lowest BCUT2D eigenvalue weighted by Gasteiger charge is -2.43. The zero-order valence-electron chi connectivity index (χ0n) is 17.2. The van der Waals surface area contributed by atoms with E-state index in [0.717, 1.165) is 11.1 Å².